The highest BCUT2D eigenvalue weighted by Crippen LogP contribution is 1.97. The predicted molar refractivity (Wildman–Crippen MR) is 121 cm³/mol. The minimum atomic E-state index is 0.149. The minimum absolute atomic E-state index is 0.149. The van der Waals surface area contributed by atoms with E-state index in [1.165, 1.54) is 0 Å². The molecule has 0 aliphatic rings. The summed E-state index contributed by atoms with van der Waals surface area (Å²) in [4.78, 5) is 11.4. The number of carbonyl (C=O) groups excluding carboxylic acids is 1. The van der Waals surface area contributed by atoms with Gasteiger partial charge in [0.1, 0.15) is 0 Å². The zero-order valence-electron chi connectivity index (χ0n) is 17.4. The predicted octanol–water partition coefficient (Wildman–Crippen LogP) is 6.99. The summed E-state index contributed by atoms with van der Waals surface area (Å²) in [6, 6.07) is 0. The Hall–Kier alpha value is -2.09. The lowest BCUT2D eigenvalue weighted by molar-refractivity contribution is -0.121. The van der Waals surface area contributed by atoms with E-state index in [9.17, 15) is 4.79 Å². The Morgan fingerprint density at radius 3 is 1.44 bits per heavy atom. The molecule has 0 saturated carbocycles. The van der Waals surface area contributed by atoms with Crippen molar-refractivity contribution in [2.24, 2.45) is 0 Å². The average molecular weight is 370 g/mol. The van der Waals surface area contributed by atoms with Crippen LogP contribution in [0.25, 0.3) is 0 Å². The molecule has 27 heavy (non-hydrogen) atoms. The van der Waals surface area contributed by atoms with Gasteiger partial charge in [-0.05, 0) is 51.4 Å². The first kappa shape index (κ1) is 24.9. The Labute approximate surface area is 167 Å². The molecule has 0 heterocycles. The van der Waals surface area contributed by atoms with Gasteiger partial charge in [0.25, 0.3) is 0 Å². The molecule has 0 aliphatic heterocycles. The van der Waals surface area contributed by atoms with Crippen LogP contribution in [0.1, 0.15) is 71.6 Å². The van der Waals surface area contributed by atoms with Crippen LogP contribution in [0.2, 0.25) is 0 Å². The molecule has 0 rings (SSSR count). The summed E-state index contributed by atoms with van der Waals surface area (Å²) in [5, 5.41) is 2.89. The van der Waals surface area contributed by atoms with Crippen molar-refractivity contribution < 1.29 is 4.79 Å². The molecule has 0 aromatic rings. The van der Waals surface area contributed by atoms with Gasteiger partial charge in [0.05, 0.1) is 0 Å². The van der Waals surface area contributed by atoms with Crippen LogP contribution in [0.5, 0.6) is 0 Å². The monoisotopic (exact) mass is 369 g/mol. The van der Waals surface area contributed by atoms with Crippen LogP contribution in [0.3, 0.4) is 0 Å². The topological polar surface area (TPSA) is 29.1 Å². The lowest BCUT2D eigenvalue weighted by Crippen LogP contribution is -2.23. The fourth-order valence-corrected chi connectivity index (χ4v) is 2.21. The van der Waals surface area contributed by atoms with Crippen LogP contribution >= 0.6 is 0 Å². The molecule has 2 nitrogen and oxygen atoms in total. The Balaban J connectivity index is 3.54. The molecule has 1 N–H and O–H groups in total. The first-order valence-electron chi connectivity index (χ1n) is 10.5. The summed E-state index contributed by atoms with van der Waals surface area (Å²) >= 11 is 0. The molecule has 0 radical (unpaired) electrons. The van der Waals surface area contributed by atoms with Crippen LogP contribution in [0, 0.1) is 0 Å². The molecular formula is C25H39NO. The molecule has 0 atom stereocenters. The van der Waals surface area contributed by atoms with Crippen molar-refractivity contribution in [3.63, 3.8) is 0 Å². The molecule has 0 unspecified atom stereocenters. The second kappa shape index (κ2) is 22.0. The maximum absolute atomic E-state index is 11.4. The number of rotatable bonds is 16. The van der Waals surface area contributed by atoms with Gasteiger partial charge in [-0.2, -0.15) is 0 Å². The normalized spacial score (nSPS) is 12.8. The second-order valence-corrected chi connectivity index (χ2v) is 6.30. The van der Waals surface area contributed by atoms with Crippen molar-refractivity contribution in [2.45, 2.75) is 71.6 Å². The van der Waals surface area contributed by atoms with Crippen LogP contribution in [-0.2, 0) is 4.79 Å². The first-order valence-corrected chi connectivity index (χ1v) is 10.5. The van der Waals surface area contributed by atoms with E-state index in [1.807, 2.05) is 0 Å². The highest BCUT2D eigenvalue weighted by atomic mass is 16.1. The van der Waals surface area contributed by atoms with Gasteiger partial charge in [0, 0.05) is 13.0 Å². The van der Waals surface area contributed by atoms with E-state index in [1.54, 1.807) is 0 Å². The number of allylic oxidation sites excluding steroid dienone is 12. The summed E-state index contributed by atoms with van der Waals surface area (Å²) in [7, 11) is 0. The Morgan fingerprint density at radius 1 is 0.630 bits per heavy atom. The second-order valence-electron chi connectivity index (χ2n) is 6.30. The molecule has 0 aromatic carbocycles. The molecule has 0 aliphatic carbocycles. The van der Waals surface area contributed by atoms with Gasteiger partial charge in [-0.3, -0.25) is 4.79 Å². The minimum Gasteiger partial charge on any atom is -0.356 e. The van der Waals surface area contributed by atoms with Crippen LogP contribution in [-0.4, -0.2) is 12.5 Å². The Bertz CT molecular complexity index is 506. The Kier molecular flexibility index (Phi) is 20.3. The van der Waals surface area contributed by atoms with Crippen LogP contribution < -0.4 is 5.32 Å². The van der Waals surface area contributed by atoms with E-state index in [4.69, 9.17) is 0 Å². The maximum atomic E-state index is 11.4. The Morgan fingerprint density at radius 2 is 1.04 bits per heavy atom. The number of amides is 1. The third-order valence-electron chi connectivity index (χ3n) is 3.71. The molecule has 0 aromatic heterocycles. The molecule has 2 heteroatoms. The SMILES string of the molecule is CC/C=C\C/C=C\C/C=C\C/C=C\C/C=C\C/C=C\CCC(=O)NCCC. The fraction of sp³-hybridized carbons (Fsp3) is 0.480. The van der Waals surface area contributed by atoms with Gasteiger partial charge in [0.15, 0.2) is 0 Å². The zero-order chi connectivity index (χ0) is 19.8. The summed E-state index contributed by atoms with van der Waals surface area (Å²) in [6.45, 7) is 5.00. The number of hydrogen-bond acceptors (Lipinski definition) is 1. The molecule has 0 bridgehead atoms. The number of carbonyl (C=O) groups is 1. The van der Waals surface area contributed by atoms with Gasteiger partial charge >= 0.3 is 0 Å². The molecular weight excluding hydrogens is 330 g/mol. The first-order chi connectivity index (χ1) is 13.3. The lowest BCUT2D eigenvalue weighted by atomic mass is 10.2. The molecule has 1 amide bonds. The van der Waals surface area contributed by atoms with Crippen molar-refractivity contribution in [1.82, 2.24) is 5.32 Å². The van der Waals surface area contributed by atoms with E-state index in [-0.39, 0.29) is 5.91 Å². The number of hydrogen-bond donors (Lipinski definition) is 1. The highest BCUT2D eigenvalue weighted by molar-refractivity contribution is 5.75. The van der Waals surface area contributed by atoms with Crippen LogP contribution in [0.15, 0.2) is 72.9 Å². The van der Waals surface area contributed by atoms with E-state index < -0.39 is 0 Å². The fourth-order valence-electron chi connectivity index (χ4n) is 2.21. The zero-order valence-corrected chi connectivity index (χ0v) is 17.4. The average Bonchev–Trinajstić information content (AvgIpc) is 2.68. The van der Waals surface area contributed by atoms with E-state index >= 15 is 0 Å². The quantitative estimate of drug-likeness (QED) is 0.292. The van der Waals surface area contributed by atoms with E-state index in [0.717, 1.165) is 57.9 Å². The highest BCUT2D eigenvalue weighted by Gasteiger charge is 1.96. The number of nitrogens with one attached hydrogen (secondary N) is 1. The molecule has 0 spiro atoms. The summed E-state index contributed by atoms with van der Waals surface area (Å²) in [6.07, 6.45) is 34.7. The van der Waals surface area contributed by atoms with Gasteiger partial charge in [0.2, 0.25) is 5.91 Å². The smallest absolute Gasteiger partial charge is 0.220 e. The summed E-state index contributed by atoms with van der Waals surface area (Å²) in [5.74, 6) is 0.149. The van der Waals surface area contributed by atoms with Gasteiger partial charge < -0.3 is 5.32 Å². The van der Waals surface area contributed by atoms with E-state index in [0.29, 0.717) is 6.42 Å². The summed E-state index contributed by atoms with van der Waals surface area (Å²) < 4.78 is 0. The molecule has 0 fully saturated rings. The van der Waals surface area contributed by atoms with E-state index in [2.05, 4.69) is 92.1 Å². The third kappa shape index (κ3) is 21.9. The standard InChI is InChI=1S/C25H39NO/c1-3-5-6-7-8-9-10-11-12-13-14-15-16-17-18-19-20-21-22-23-25(27)26-24-4-2/h5-6,8-9,11-12,14-15,17-18,20-21H,3-4,7,10,13,16,19,22-24H2,1-2H3,(H,26,27)/b6-5-,9-8-,12-11-,15-14-,18-17-,21-20-. The van der Waals surface area contributed by atoms with Crippen molar-refractivity contribution >= 4 is 5.91 Å². The third-order valence-corrected chi connectivity index (χ3v) is 3.71. The van der Waals surface area contributed by atoms with Crippen molar-refractivity contribution in [3.05, 3.63) is 72.9 Å². The van der Waals surface area contributed by atoms with Gasteiger partial charge in [-0.25, -0.2) is 0 Å². The molecule has 0 saturated heterocycles. The van der Waals surface area contributed by atoms with Crippen molar-refractivity contribution in [1.29, 1.82) is 0 Å². The van der Waals surface area contributed by atoms with Crippen LogP contribution in [0.4, 0.5) is 0 Å². The van der Waals surface area contributed by atoms with Gasteiger partial charge in [-0.15, -0.1) is 0 Å². The maximum Gasteiger partial charge on any atom is 0.220 e. The van der Waals surface area contributed by atoms with Gasteiger partial charge in [-0.1, -0.05) is 86.8 Å². The lowest BCUT2D eigenvalue weighted by Gasteiger charge is -2.00. The van der Waals surface area contributed by atoms with Crippen molar-refractivity contribution in [3.8, 4) is 0 Å². The molecule has 150 valence electrons. The van der Waals surface area contributed by atoms with Crippen molar-refractivity contribution in [2.75, 3.05) is 6.54 Å². The largest absolute Gasteiger partial charge is 0.356 e. The summed E-state index contributed by atoms with van der Waals surface area (Å²) in [5.41, 5.74) is 0.